The maximum absolute atomic E-state index is 11.9. The highest BCUT2D eigenvalue weighted by molar-refractivity contribution is 5.76. The van der Waals surface area contributed by atoms with E-state index in [0.717, 1.165) is 12.8 Å². The molecular formula is C18H38N2O3. The quantitative estimate of drug-likeness (QED) is 0.274. The van der Waals surface area contributed by atoms with Crippen LogP contribution in [0.25, 0.3) is 0 Å². The van der Waals surface area contributed by atoms with E-state index in [0.29, 0.717) is 12.8 Å². The lowest BCUT2D eigenvalue weighted by molar-refractivity contribution is -0.194. The first kappa shape index (κ1) is 22.4. The van der Waals surface area contributed by atoms with Crippen molar-refractivity contribution in [3.8, 4) is 0 Å². The molecule has 0 aromatic heterocycles. The highest BCUT2D eigenvalue weighted by Crippen LogP contribution is 2.10. The SMILES string of the molecule is CCCCCCCCCCCC(=O)NC(CC)NC(O)(O)CC. The van der Waals surface area contributed by atoms with Gasteiger partial charge in [-0.1, -0.05) is 72.1 Å². The molecule has 1 unspecified atom stereocenters. The molecule has 0 aromatic rings. The van der Waals surface area contributed by atoms with E-state index in [1.807, 2.05) is 6.92 Å². The Kier molecular flexibility index (Phi) is 13.4. The fourth-order valence-corrected chi connectivity index (χ4v) is 2.48. The Morgan fingerprint density at radius 1 is 0.913 bits per heavy atom. The highest BCUT2D eigenvalue weighted by Gasteiger charge is 2.24. The third-order valence-corrected chi connectivity index (χ3v) is 4.15. The van der Waals surface area contributed by atoms with E-state index in [1.165, 1.54) is 44.9 Å². The molecule has 0 saturated carbocycles. The predicted molar refractivity (Wildman–Crippen MR) is 94.7 cm³/mol. The largest absolute Gasteiger partial charge is 0.353 e. The molecule has 0 aliphatic heterocycles. The van der Waals surface area contributed by atoms with Crippen LogP contribution in [0.5, 0.6) is 0 Å². The Hall–Kier alpha value is -0.650. The fourth-order valence-electron chi connectivity index (χ4n) is 2.48. The normalized spacial score (nSPS) is 13.1. The lowest BCUT2D eigenvalue weighted by Gasteiger charge is -2.28. The summed E-state index contributed by atoms with van der Waals surface area (Å²) in [5.41, 5.74) is 0. The molecule has 4 N–H and O–H groups in total. The molecule has 23 heavy (non-hydrogen) atoms. The van der Waals surface area contributed by atoms with Gasteiger partial charge in [0.15, 0.2) is 0 Å². The number of nitrogens with one attached hydrogen (secondary N) is 2. The second-order valence-corrected chi connectivity index (χ2v) is 6.42. The molecular weight excluding hydrogens is 292 g/mol. The van der Waals surface area contributed by atoms with Crippen molar-refractivity contribution in [2.75, 3.05) is 0 Å². The van der Waals surface area contributed by atoms with Gasteiger partial charge in [-0.15, -0.1) is 0 Å². The van der Waals surface area contributed by atoms with Crippen LogP contribution in [0.4, 0.5) is 0 Å². The van der Waals surface area contributed by atoms with Gasteiger partial charge in [-0.05, 0) is 12.8 Å². The number of amides is 1. The van der Waals surface area contributed by atoms with Crippen molar-refractivity contribution in [1.82, 2.24) is 10.6 Å². The zero-order chi connectivity index (χ0) is 17.6. The van der Waals surface area contributed by atoms with E-state index in [4.69, 9.17) is 0 Å². The Labute approximate surface area is 142 Å². The second kappa shape index (κ2) is 13.8. The van der Waals surface area contributed by atoms with Gasteiger partial charge in [0.25, 0.3) is 0 Å². The summed E-state index contributed by atoms with van der Waals surface area (Å²) in [5, 5.41) is 24.6. The maximum atomic E-state index is 11.9. The number of aliphatic hydroxyl groups is 2. The van der Waals surface area contributed by atoms with E-state index in [1.54, 1.807) is 6.92 Å². The topological polar surface area (TPSA) is 81.6 Å². The van der Waals surface area contributed by atoms with Crippen LogP contribution in [0.3, 0.4) is 0 Å². The molecule has 0 aliphatic carbocycles. The van der Waals surface area contributed by atoms with Crippen LogP contribution in [0.1, 0.15) is 97.8 Å². The Balaban J connectivity index is 3.65. The Morgan fingerprint density at radius 3 is 1.91 bits per heavy atom. The number of hydrogen-bond acceptors (Lipinski definition) is 4. The van der Waals surface area contributed by atoms with E-state index < -0.39 is 12.1 Å². The smallest absolute Gasteiger partial charge is 0.223 e. The molecule has 5 nitrogen and oxygen atoms in total. The van der Waals surface area contributed by atoms with Crippen molar-refractivity contribution in [3.63, 3.8) is 0 Å². The van der Waals surface area contributed by atoms with Crippen molar-refractivity contribution in [3.05, 3.63) is 0 Å². The minimum absolute atomic E-state index is 0.0285. The number of rotatable bonds is 15. The molecule has 0 aliphatic rings. The molecule has 0 rings (SSSR count). The molecule has 138 valence electrons. The number of unbranched alkanes of at least 4 members (excludes halogenated alkanes) is 8. The van der Waals surface area contributed by atoms with Crippen LogP contribution in [0.15, 0.2) is 0 Å². The molecule has 0 aromatic carbocycles. The van der Waals surface area contributed by atoms with Crippen LogP contribution >= 0.6 is 0 Å². The van der Waals surface area contributed by atoms with Crippen molar-refractivity contribution < 1.29 is 15.0 Å². The van der Waals surface area contributed by atoms with E-state index in [-0.39, 0.29) is 12.3 Å². The fraction of sp³-hybridized carbons (Fsp3) is 0.944. The van der Waals surface area contributed by atoms with Crippen LogP contribution in [0, 0.1) is 0 Å². The average molecular weight is 331 g/mol. The number of hydrogen-bond donors (Lipinski definition) is 4. The van der Waals surface area contributed by atoms with Gasteiger partial charge < -0.3 is 15.5 Å². The van der Waals surface area contributed by atoms with Gasteiger partial charge in [-0.25, -0.2) is 5.32 Å². The molecule has 1 amide bonds. The summed E-state index contributed by atoms with van der Waals surface area (Å²) in [5.74, 6) is -1.95. The molecule has 1 atom stereocenters. The Bertz CT molecular complexity index is 296. The lowest BCUT2D eigenvalue weighted by atomic mass is 10.1. The van der Waals surface area contributed by atoms with Gasteiger partial charge in [0.2, 0.25) is 11.8 Å². The molecule has 0 heterocycles. The van der Waals surface area contributed by atoms with E-state index in [9.17, 15) is 15.0 Å². The average Bonchev–Trinajstić information content (AvgIpc) is 2.52. The van der Waals surface area contributed by atoms with Crippen LogP contribution in [-0.4, -0.2) is 28.2 Å². The Morgan fingerprint density at radius 2 is 1.43 bits per heavy atom. The first-order valence-electron chi connectivity index (χ1n) is 9.47. The van der Waals surface area contributed by atoms with E-state index in [2.05, 4.69) is 17.6 Å². The summed E-state index contributed by atoms with van der Waals surface area (Å²) in [6.07, 6.45) is 11.9. The zero-order valence-electron chi connectivity index (χ0n) is 15.4. The minimum atomic E-state index is -1.92. The third-order valence-electron chi connectivity index (χ3n) is 4.15. The van der Waals surface area contributed by atoms with Gasteiger partial charge in [-0.3, -0.25) is 4.79 Å². The monoisotopic (exact) mass is 330 g/mol. The maximum Gasteiger partial charge on any atom is 0.223 e. The minimum Gasteiger partial charge on any atom is -0.353 e. The van der Waals surface area contributed by atoms with Crippen molar-refractivity contribution >= 4 is 5.91 Å². The number of carbonyl (C=O) groups excluding carboxylic acids is 1. The molecule has 0 saturated heterocycles. The summed E-state index contributed by atoms with van der Waals surface area (Å²) in [6, 6.07) is 0. The number of carbonyl (C=O) groups is 1. The summed E-state index contributed by atoms with van der Waals surface area (Å²) in [4.78, 5) is 11.9. The summed E-state index contributed by atoms with van der Waals surface area (Å²) in [7, 11) is 0. The molecule has 5 heteroatoms. The third kappa shape index (κ3) is 13.5. The van der Waals surface area contributed by atoms with Gasteiger partial charge in [0, 0.05) is 12.8 Å². The van der Waals surface area contributed by atoms with Gasteiger partial charge in [0.1, 0.15) is 0 Å². The second-order valence-electron chi connectivity index (χ2n) is 6.42. The van der Waals surface area contributed by atoms with Crippen molar-refractivity contribution in [2.45, 2.75) is 110 Å². The molecule has 0 bridgehead atoms. The van der Waals surface area contributed by atoms with Gasteiger partial charge in [0.05, 0.1) is 6.17 Å². The summed E-state index contributed by atoms with van der Waals surface area (Å²) >= 11 is 0. The van der Waals surface area contributed by atoms with Crippen molar-refractivity contribution in [1.29, 1.82) is 0 Å². The van der Waals surface area contributed by atoms with Crippen LogP contribution in [0.2, 0.25) is 0 Å². The first-order valence-corrected chi connectivity index (χ1v) is 9.47. The van der Waals surface area contributed by atoms with Crippen LogP contribution < -0.4 is 10.6 Å². The molecule has 0 spiro atoms. The predicted octanol–water partition coefficient (Wildman–Crippen LogP) is 3.40. The van der Waals surface area contributed by atoms with Gasteiger partial charge >= 0.3 is 0 Å². The summed E-state index contributed by atoms with van der Waals surface area (Å²) in [6.45, 7) is 5.79. The van der Waals surface area contributed by atoms with Crippen LogP contribution in [-0.2, 0) is 4.79 Å². The molecule has 0 radical (unpaired) electrons. The highest BCUT2D eigenvalue weighted by atomic mass is 16.5. The zero-order valence-corrected chi connectivity index (χ0v) is 15.4. The molecule has 0 fully saturated rings. The van der Waals surface area contributed by atoms with E-state index >= 15 is 0 Å². The van der Waals surface area contributed by atoms with Gasteiger partial charge in [-0.2, -0.15) is 0 Å². The summed E-state index contributed by atoms with van der Waals surface area (Å²) < 4.78 is 0. The van der Waals surface area contributed by atoms with Crippen molar-refractivity contribution in [2.24, 2.45) is 0 Å². The lowest BCUT2D eigenvalue weighted by Crippen LogP contribution is -2.56. The standard InChI is InChI=1S/C18H38N2O3/c1-4-7-8-9-10-11-12-13-14-15-17(21)19-16(5-2)20-18(22,23)6-3/h16,20,22-23H,4-15H2,1-3H3,(H,19,21). The first-order chi connectivity index (χ1) is 10.9.